The molecule has 0 rings (SSSR count). The Labute approximate surface area is 181 Å². The predicted octanol–water partition coefficient (Wildman–Crippen LogP) is 8.33. The molecular formula is C26H50O3. The van der Waals surface area contributed by atoms with E-state index in [1.165, 1.54) is 109 Å². The van der Waals surface area contributed by atoms with E-state index in [1.807, 2.05) is 0 Å². The normalized spacial score (nSPS) is 10.9. The summed E-state index contributed by atoms with van der Waals surface area (Å²) in [6, 6.07) is 0. The Hall–Kier alpha value is -0.860. The smallest absolute Gasteiger partial charge is 0.305 e. The molecule has 29 heavy (non-hydrogen) atoms. The van der Waals surface area contributed by atoms with Gasteiger partial charge in [-0.2, -0.15) is 0 Å². The van der Waals surface area contributed by atoms with Crippen molar-refractivity contribution in [3.8, 4) is 0 Å². The van der Waals surface area contributed by atoms with Crippen LogP contribution >= 0.6 is 0 Å². The second kappa shape index (κ2) is 25.2. The van der Waals surface area contributed by atoms with Gasteiger partial charge in [0, 0.05) is 12.8 Å². The summed E-state index contributed by atoms with van der Waals surface area (Å²) in [4.78, 5) is 21.9. The first-order chi connectivity index (χ1) is 14.3. The van der Waals surface area contributed by atoms with Crippen LogP contribution in [0.5, 0.6) is 0 Å². The SMILES string of the molecule is CCCCCCCCCCCC(=O)OCCCCCCCCCCCCCC=O. The van der Waals surface area contributed by atoms with Crippen LogP contribution in [0.1, 0.15) is 148 Å². The average Bonchev–Trinajstić information content (AvgIpc) is 2.72. The van der Waals surface area contributed by atoms with E-state index in [4.69, 9.17) is 4.74 Å². The van der Waals surface area contributed by atoms with Gasteiger partial charge in [0.1, 0.15) is 6.29 Å². The molecule has 3 nitrogen and oxygen atoms in total. The van der Waals surface area contributed by atoms with Crippen molar-refractivity contribution in [1.29, 1.82) is 0 Å². The molecular weight excluding hydrogens is 360 g/mol. The minimum Gasteiger partial charge on any atom is -0.466 e. The number of unbranched alkanes of at least 4 members (excludes halogenated alkanes) is 19. The number of rotatable bonds is 24. The Morgan fingerprint density at radius 2 is 1.00 bits per heavy atom. The van der Waals surface area contributed by atoms with Crippen LogP contribution in [0.3, 0.4) is 0 Å². The summed E-state index contributed by atoms with van der Waals surface area (Å²) in [5.41, 5.74) is 0. The number of hydrogen-bond acceptors (Lipinski definition) is 3. The molecule has 0 amide bonds. The maximum absolute atomic E-state index is 11.7. The van der Waals surface area contributed by atoms with E-state index in [-0.39, 0.29) is 5.97 Å². The molecule has 0 heterocycles. The van der Waals surface area contributed by atoms with Crippen molar-refractivity contribution in [3.05, 3.63) is 0 Å². The highest BCUT2D eigenvalue weighted by atomic mass is 16.5. The predicted molar refractivity (Wildman–Crippen MR) is 124 cm³/mol. The number of hydrogen-bond donors (Lipinski definition) is 0. The summed E-state index contributed by atoms with van der Waals surface area (Å²) in [7, 11) is 0. The van der Waals surface area contributed by atoms with E-state index in [2.05, 4.69) is 6.92 Å². The first-order valence-corrected chi connectivity index (χ1v) is 12.9. The van der Waals surface area contributed by atoms with Gasteiger partial charge in [0.2, 0.25) is 0 Å². The number of carbonyl (C=O) groups excluding carboxylic acids is 2. The topological polar surface area (TPSA) is 43.4 Å². The monoisotopic (exact) mass is 410 g/mol. The average molecular weight is 411 g/mol. The largest absolute Gasteiger partial charge is 0.466 e. The molecule has 0 N–H and O–H groups in total. The molecule has 0 spiro atoms. The third-order valence-corrected chi connectivity index (χ3v) is 5.71. The highest BCUT2D eigenvalue weighted by Gasteiger charge is 2.02. The molecule has 0 aliphatic heterocycles. The number of esters is 1. The number of carbonyl (C=O) groups is 2. The number of aldehydes is 1. The quantitative estimate of drug-likeness (QED) is 0.0912. The third-order valence-electron chi connectivity index (χ3n) is 5.71. The van der Waals surface area contributed by atoms with Crippen LogP contribution in [0.25, 0.3) is 0 Å². The van der Waals surface area contributed by atoms with Crippen molar-refractivity contribution in [1.82, 2.24) is 0 Å². The zero-order chi connectivity index (χ0) is 21.3. The van der Waals surface area contributed by atoms with Crippen molar-refractivity contribution in [2.45, 2.75) is 148 Å². The maximum Gasteiger partial charge on any atom is 0.305 e. The van der Waals surface area contributed by atoms with Gasteiger partial charge in [0.05, 0.1) is 6.61 Å². The van der Waals surface area contributed by atoms with Crippen LogP contribution in [0.4, 0.5) is 0 Å². The molecule has 0 aromatic heterocycles. The van der Waals surface area contributed by atoms with Gasteiger partial charge in [-0.05, 0) is 19.3 Å². The molecule has 0 aromatic carbocycles. The molecule has 0 bridgehead atoms. The van der Waals surface area contributed by atoms with E-state index < -0.39 is 0 Å². The van der Waals surface area contributed by atoms with Crippen molar-refractivity contribution >= 4 is 12.3 Å². The van der Waals surface area contributed by atoms with E-state index in [1.54, 1.807) is 0 Å². The van der Waals surface area contributed by atoms with Crippen LogP contribution < -0.4 is 0 Å². The summed E-state index contributed by atoms with van der Waals surface area (Å²) in [5.74, 6) is 0.00101. The summed E-state index contributed by atoms with van der Waals surface area (Å²) in [6.07, 6.45) is 27.5. The van der Waals surface area contributed by atoms with Gasteiger partial charge < -0.3 is 9.53 Å². The van der Waals surface area contributed by atoms with Crippen LogP contribution in [-0.4, -0.2) is 18.9 Å². The Morgan fingerprint density at radius 1 is 0.586 bits per heavy atom. The Balaban J connectivity index is 3.13. The van der Waals surface area contributed by atoms with Gasteiger partial charge in [-0.1, -0.05) is 116 Å². The van der Waals surface area contributed by atoms with Crippen LogP contribution in [0, 0.1) is 0 Å². The highest BCUT2D eigenvalue weighted by Crippen LogP contribution is 2.13. The first kappa shape index (κ1) is 28.1. The van der Waals surface area contributed by atoms with Crippen LogP contribution in [0.15, 0.2) is 0 Å². The molecule has 172 valence electrons. The lowest BCUT2D eigenvalue weighted by molar-refractivity contribution is -0.143. The lowest BCUT2D eigenvalue weighted by Gasteiger charge is -2.05. The summed E-state index contributed by atoms with van der Waals surface area (Å²) < 4.78 is 5.35. The number of ether oxygens (including phenoxy) is 1. The lowest BCUT2D eigenvalue weighted by atomic mass is 10.1. The second-order valence-electron chi connectivity index (χ2n) is 8.64. The highest BCUT2D eigenvalue weighted by molar-refractivity contribution is 5.69. The zero-order valence-electron chi connectivity index (χ0n) is 19.6. The van der Waals surface area contributed by atoms with Gasteiger partial charge in [0.25, 0.3) is 0 Å². The second-order valence-corrected chi connectivity index (χ2v) is 8.64. The van der Waals surface area contributed by atoms with E-state index in [0.717, 1.165) is 32.0 Å². The van der Waals surface area contributed by atoms with Gasteiger partial charge in [-0.15, -0.1) is 0 Å². The fourth-order valence-corrected chi connectivity index (χ4v) is 3.76. The van der Waals surface area contributed by atoms with E-state index in [0.29, 0.717) is 13.0 Å². The standard InChI is InChI=1S/C26H50O3/c1-2-3-4-5-6-11-14-17-20-23-26(28)29-25-22-19-16-13-10-8-7-9-12-15-18-21-24-27/h24H,2-23,25H2,1H3. The molecule has 0 saturated heterocycles. The first-order valence-electron chi connectivity index (χ1n) is 12.9. The third kappa shape index (κ3) is 25.1. The van der Waals surface area contributed by atoms with E-state index >= 15 is 0 Å². The Kier molecular flexibility index (Phi) is 24.4. The Morgan fingerprint density at radius 3 is 1.48 bits per heavy atom. The molecule has 0 atom stereocenters. The Bertz CT molecular complexity index is 341. The minimum atomic E-state index is 0.00101. The molecule has 0 fully saturated rings. The van der Waals surface area contributed by atoms with Gasteiger partial charge in [-0.3, -0.25) is 4.79 Å². The van der Waals surface area contributed by atoms with Crippen molar-refractivity contribution in [2.75, 3.05) is 6.61 Å². The lowest BCUT2D eigenvalue weighted by Crippen LogP contribution is -2.05. The van der Waals surface area contributed by atoms with E-state index in [9.17, 15) is 9.59 Å². The summed E-state index contributed by atoms with van der Waals surface area (Å²) >= 11 is 0. The maximum atomic E-state index is 11.7. The molecule has 0 aliphatic rings. The molecule has 3 heteroatoms. The molecule has 0 unspecified atom stereocenters. The molecule has 0 radical (unpaired) electrons. The fraction of sp³-hybridized carbons (Fsp3) is 0.923. The summed E-state index contributed by atoms with van der Waals surface area (Å²) in [6.45, 7) is 2.86. The molecule has 0 aliphatic carbocycles. The van der Waals surface area contributed by atoms with Crippen molar-refractivity contribution in [3.63, 3.8) is 0 Å². The van der Waals surface area contributed by atoms with Crippen LogP contribution in [0.2, 0.25) is 0 Å². The molecule has 0 aromatic rings. The van der Waals surface area contributed by atoms with Crippen molar-refractivity contribution < 1.29 is 14.3 Å². The van der Waals surface area contributed by atoms with Gasteiger partial charge in [0.15, 0.2) is 0 Å². The fourth-order valence-electron chi connectivity index (χ4n) is 3.76. The van der Waals surface area contributed by atoms with Gasteiger partial charge >= 0.3 is 5.97 Å². The molecule has 0 saturated carbocycles. The minimum absolute atomic E-state index is 0.00101. The van der Waals surface area contributed by atoms with Crippen LogP contribution in [-0.2, 0) is 14.3 Å². The van der Waals surface area contributed by atoms with Crippen molar-refractivity contribution in [2.24, 2.45) is 0 Å². The van der Waals surface area contributed by atoms with Gasteiger partial charge in [-0.25, -0.2) is 0 Å². The zero-order valence-corrected chi connectivity index (χ0v) is 19.6. The summed E-state index contributed by atoms with van der Waals surface area (Å²) in [5, 5.41) is 0.